The van der Waals surface area contributed by atoms with Gasteiger partial charge in [0.25, 0.3) is 0 Å². The molecular weight excluding hydrogens is 242 g/mol. The molecule has 110 valence electrons. The molecular formula is C15H27NO3. The maximum atomic E-state index is 12.0. The summed E-state index contributed by atoms with van der Waals surface area (Å²) in [6.07, 6.45) is 6.41. The summed E-state index contributed by atoms with van der Waals surface area (Å²) in [5, 5.41) is 13.1. The van der Waals surface area contributed by atoms with Gasteiger partial charge in [0.05, 0.1) is 13.2 Å². The van der Waals surface area contributed by atoms with E-state index in [1.165, 1.54) is 7.11 Å². The molecule has 19 heavy (non-hydrogen) atoms. The van der Waals surface area contributed by atoms with Gasteiger partial charge < -0.3 is 9.84 Å². The van der Waals surface area contributed by atoms with Gasteiger partial charge in [-0.25, -0.2) is 0 Å². The molecule has 1 fully saturated rings. The fraction of sp³-hybridized carbons (Fsp3) is 0.800. The summed E-state index contributed by atoms with van der Waals surface area (Å²) in [5.74, 6) is 0.459. The van der Waals surface area contributed by atoms with Crippen molar-refractivity contribution in [3.05, 3.63) is 12.7 Å². The first-order valence-electron chi connectivity index (χ1n) is 7.16. The average molecular weight is 269 g/mol. The number of esters is 1. The molecule has 0 saturated heterocycles. The fourth-order valence-electron chi connectivity index (χ4n) is 2.63. The third kappa shape index (κ3) is 4.62. The molecule has 0 aromatic carbocycles. The van der Waals surface area contributed by atoms with Crippen molar-refractivity contribution < 1.29 is 14.6 Å². The maximum absolute atomic E-state index is 12.0. The Balaban J connectivity index is 2.55. The van der Waals surface area contributed by atoms with E-state index in [0.717, 1.165) is 32.1 Å². The number of β-amino-alcohol motifs (C(OH)–C–C–N with tert-alkyl or cyclic N) is 1. The largest absolute Gasteiger partial charge is 0.468 e. The molecule has 2 N–H and O–H groups in total. The highest BCUT2D eigenvalue weighted by Gasteiger charge is 2.41. The van der Waals surface area contributed by atoms with Gasteiger partial charge in [-0.05, 0) is 44.4 Å². The van der Waals surface area contributed by atoms with E-state index in [-0.39, 0.29) is 5.97 Å². The second-order valence-corrected chi connectivity index (χ2v) is 5.66. The topological polar surface area (TPSA) is 58.6 Å². The molecule has 0 spiro atoms. The standard InChI is InChI=1S/C15H27NO3/c1-4-5-6-13(17)11-16-15(14(18)19-3)9-7-12(2)8-10-15/h4,12-13,16-17H,1,5-11H2,2-3H3. The van der Waals surface area contributed by atoms with Crippen molar-refractivity contribution >= 4 is 5.97 Å². The van der Waals surface area contributed by atoms with Crippen LogP contribution in [-0.2, 0) is 9.53 Å². The smallest absolute Gasteiger partial charge is 0.326 e. The van der Waals surface area contributed by atoms with Crippen LogP contribution in [0.1, 0.15) is 45.4 Å². The highest BCUT2D eigenvalue weighted by atomic mass is 16.5. The number of ether oxygens (including phenoxy) is 1. The number of rotatable bonds is 7. The monoisotopic (exact) mass is 269 g/mol. The number of hydrogen-bond donors (Lipinski definition) is 2. The molecule has 1 saturated carbocycles. The Morgan fingerprint density at radius 1 is 1.58 bits per heavy atom. The lowest BCUT2D eigenvalue weighted by atomic mass is 9.77. The van der Waals surface area contributed by atoms with Crippen molar-refractivity contribution in [3.8, 4) is 0 Å². The Morgan fingerprint density at radius 3 is 2.74 bits per heavy atom. The Hall–Kier alpha value is -0.870. The van der Waals surface area contributed by atoms with Gasteiger partial charge in [0.15, 0.2) is 0 Å². The van der Waals surface area contributed by atoms with Crippen LogP contribution in [-0.4, -0.2) is 36.4 Å². The van der Waals surface area contributed by atoms with Crippen LogP contribution in [0.2, 0.25) is 0 Å². The lowest BCUT2D eigenvalue weighted by Gasteiger charge is -2.38. The minimum Gasteiger partial charge on any atom is -0.468 e. The zero-order valence-electron chi connectivity index (χ0n) is 12.2. The lowest BCUT2D eigenvalue weighted by molar-refractivity contribution is -0.150. The maximum Gasteiger partial charge on any atom is 0.326 e. The fourth-order valence-corrected chi connectivity index (χ4v) is 2.63. The Bertz CT molecular complexity index is 296. The van der Waals surface area contributed by atoms with Gasteiger partial charge in [0.2, 0.25) is 0 Å². The average Bonchev–Trinajstić information content (AvgIpc) is 2.44. The molecule has 4 heteroatoms. The summed E-state index contributed by atoms with van der Waals surface area (Å²) >= 11 is 0. The molecule has 0 radical (unpaired) electrons. The summed E-state index contributed by atoms with van der Waals surface area (Å²) in [4.78, 5) is 12.0. The summed E-state index contributed by atoms with van der Waals surface area (Å²) in [5.41, 5.74) is -0.601. The highest BCUT2D eigenvalue weighted by molar-refractivity contribution is 5.80. The van der Waals surface area contributed by atoms with Crippen molar-refractivity contribution in [1.82, 2.24) is 5.32 Å². The molecule has 0 amide bonds. The van der Waals surface area contributed by atoms with Crippen molar-refractivity contribution in [2.75, 3.05) is 13.7 Å². The SMILES string of the molecule is C=CCCC(O)CNC1(C(=O)OC)CCC(C)CC1. The van der Waals surface area contributed by atoms with Crippen molar-refractivity contribution in [1.29, 1.82) is 0 Å². The van der Waals surface area contributed by atoms with Gasteiger partial charge in [0, 0.05) is 6.54 Å². The normalized spacial score (nSPS) is 28.7. The van der Waals surface area contributed by atoms with E-state index >= 15 is 0 Å². The molecule has 1 aliphatic rings. The van der Waals surface area contributed by atoms with Crippen LogP contribution < -0.4 is 5.32 Å². The predicted octanol–water partition coefficient (Wildman–Crippen LogP) is 2.02. The molecule has 0 aromatic rings. The van der Waals surface area contributed by atoms with E-state index in [4.69, 9.17) is 4.74 Å². The van der Waals surface area contributed by atoms with E-state index in [1.807, 2.05) is 0 Å². The molecule has 1 unspecified atom stereocenters. The Labute approximate surface area is 116 Å². The van der Waals surface area contributed by atoms with Gasteiger partial charge in [-0.2, -0.15) is 0 Å². The van der Waals surface area contributed by atoms with Crippen LogP contribution in [0, 0.1) is 5.92 Å². The second kappa shape index (κ2) is 7.65. The third-order valence-electron chi connectivity index (χ3n) is 4.08. The van der Waals surface area contributed by atoms with Gasteiger partial charge in [0.1, 0.15) is 5.54 Å². The minimum atomic E-state index is -0.601. The Kier molecular flexibility index (Phi) is 6.52. The zero-order valence-corrected chi connectivity index (χ0v) is 12.2. The summed E-state index contributed by atoms with van der Waals surface area (Å²) in [6, 6.07) is 0. The first-order chi connectivity index (χ1) is 9.04. The van der Waals surface area contributed by atoms with Gasteiger partial charge in [-0.3, -0.25) is 10.1 Å². The minimum absolute atomic E-state index is 0.199. The predicted molar refractivity (Wildman–Crippen MR) is 75.8 cm³/mol. The number of aliphatic hydroxyl groups excluding tert-OH is 1. The molecule has 1 aliphatic carbocycles. The Morgan fingerprint density at radius 2 is 2.21 bits per heavy atom. The zero-order chi connectivity index (χ0) is 14.3. The van der Waals surface area contributed by atoms with Crippen LogP contribution >= 0.6 is 0 Å². The summed E-state index contributed by atoms with van der Waals surface area (Å²) in [7, 11) is 1.43. The van der Waals surface area contributed by atoms with Gasteiger partial charge in [-0.1, -0.05) is 13.0 Å². The van der Waals surface area contributed by atoms with E-state index in [0.29, 0.717) is 18.9 Å². The second-order valence-electron chi connectivity index (χ2n) is 5.66. The molecule has 0 aliphatic heterocycles. The number of allylic oxidation sites excluding steroid dienone is 1. The van der Waals surface area contributed by atoms with E-state index in [9.17, 15) is 9.90 Å². The molecule has 0 heterocycles. The van der Waals surface area contributed by atoms with E-state index in [1.54, 1.807) is 6.08 Å². The molecule has 4 nitrogen and oxygen atoms in total. The summed E-state index contributed by atoms with van der Waals surface area (Å²) in [6.45, 7) is 6.28. The van der Waals surface area contributed by atoms with Gasteiger partial charge >= 0.3 is 5.97 Å². The van der Waals surface area contributed by atoms with Gasteiger partial charge in [-0.15, -0.1) is 6.58 Å². The lowest BCUT2D eigenvalue weighted by Crippen LogP contribution is -2.56. The van der Waals surface area contributed by atoms with Crippen molar-refractivity contribution in [2.45, 2.75) is 57.1 Å². The molecule has 0 bridgehead atoms. The van der Waals surface area contributed by atoms with Crippen LogP contribution in [0.15, 0.2) is 12.7 Å². The number of hydrogen-bond acceptors (Lipinski definition) is 4. The number of nitrogens with one attached hydrogen (secondary N) is 1. The van der Waals surface area contributed by atoms with E-state index < -0.39 is 11.6 Å². The first-order valence-corrected chi connectivity index (χ1v) is 7.16. The van der Waals surface area contributed by atoms with Crippen molar-refractivity contribution in [3.63, 3.8) is 0 Å². The van der Waals surface area contributed by atoms with Crippen LogP contribution in [0.4, 0.5) is 0 Å². The highest BCUT2D eigenvalue weighted by Crippen LogP contribution is 2.32. The molecule has 1 rings (SSSR count). The number of aliphatic hydroxyl groups is 1. The number of methoxy groups -OCH3 is 1. The molecule has 0 aromatic heterocycles. The van der Waals surface area contributed by atoms with E-state index in [2.05, 4.69) is 18.8 Å². The number of carbonyl (C=O) groups is 1. The molecule has 1 atom stereocenters. The quantitative estimate of drug-likeness (QED) is 0.548. The first kappa shape index (κ1) is 16.2. The summed E-state index contributed by atoms with van der Waals surface area (Å²) < 4.78 is 4.94. The van der Waals surface area contributed by atoms with Crippen molar-refractivity contribution in [2.24, 2.45) is 5.92 Å². The van der Waals surface area contributed by atoms with Crippen LogP contribution in [0.5, 0.6) is 0 Å². The third-order valence-corrected chi connectivity index (χ3v) is 4.08. The van der Waals surface area contributed by atoms with Crippen LogP contribution in [0.3, 0.4) is 0 Å². The number of carbonyl (C=O) groups excluding carboxylic acids is 1. The van der Waals surface area contributed by atoms with Crippen LogP contribution in [0.25, 0.3) is 0 Å².